The van der Waals surface area contributed by atoms with E-state index in [2.05, 4.69) is 5.32 Å². The molecule has 1 atom stereocenters. The van der Waals surface area contributed by atoms with E-state index in [1.807, 2.05) is 20.8 Å². The summed E-state index contributed by atoms with van der Waals surface area (Å²) >= 11 is 0. The van der Waals surface area contributed by atoms with Gasteiger partial charge >= 0.3 is 5.97 Å². The van der Waals surface area contributed by atoms with E-state index in [1.54, 1.807) is 18.2 Å². The molecule has 1 saturated heterocycles. The Bertz CT molecular complexity index is 654. The minimum Gasteiger partial charge on any atom is -0.480 e. The summed E-state index contributed by atoms with van der Waals surface area (Å²) < 4.78 is 0. The third kappa shape index (κ3) is 4.13. The fourth-order valence-corrected chi connectivity index (χ4v) is 2.94. The maximum Gasteiger partial charge on any atom is 0.326 e. The monoisotopic (exact) mass is 332 g/mol. The molecule has 6 heteroatoms. The molecule has 1 heterocycles. The summed E-state index contributed by atoms with van der Waals surface area (Å²) in [7, 11) is 0. The number of likely N-dealkylation sites (tertiary alicyclic amines) is 1. The normalized spacial score (nSPS) is 17.2. The van der Waals surface area contributed by atoms with Crippen LogP contribution in [-0.4, -0.2) is 40.4 Å². The highest BCUT2D eigenvalue weighted by atomic mass is 16.4. The first-order valence-corrected chi connectivity index (χ1v) is 8.24. The van der Waals surface area contributed by atoms with E-state index in [4.69, 9.17) is 0 Å². The van der Waals surface area contributed by atoms with Crippen LogP contribution in [0, 0.1) is 12.8 Å². The number of amides is 2. The minimum atomic E-state index is -0.963. The fraction of sp³-hybridized carbons (Fsp3) is 0.500. The smallest absolute Gasteiger partial charge is 0.326 e. The fourth-order valence-electron chi connectivity index (χ4n) is 2.94. The van der Waals surface area contributed by atoms with Crippen molar-refractivity contribution in [3.05, 3.63) is 29.3 Å². The van der Waals surface area contributed by atoms with E-state index in [0.29, 0.717) is 37.1 Å². The van der Waals surface area contributed by atoms with Crippen molar-refractivity contribution in [2.45, 2.75) is 46.1 Å². The molecule has 0 bridgehead atoms. The van der Waals surface area contributed by atoms with E-state index >= 15 is 0 Å². The Morgan fingerprint density at radius 2 is 2.04 bits per heavy atom. The molecule has 1 aliphatic heterocycles. The molecular formula is C18H24N2O4. The standard InChI is InChI=1S/C18H24N2O4/c1-11(2)9-16(21)19-14-7-6-13(10-12(14)3)17(22)20-8-4-5-15(20)18(23)24/h6-7,10-11,15H,4-5,8-9H2,1-3H3,(H,19,21)(H,23,24)/t15-/m1/s1. The lowest BCUT2D eigenvalue weighted by atomic mass is 10.1. The van der Waals surface area contributed by atoms with E-state index in [9.17, 15) is 19.5 Å². The van der Waals surface area contributed by atoms with Crippen LogP contribution >= 0.6 is 0 Å². The van der Waals surface area contributed by atoms with Crippen LogP contribution in [0.1, 0.15) is 49.0 Å². The van der Waals surface area contributed by atoms with Gasteiger partial charge in [-0.1, -0.05) is 13.8 Å². The SMILES string of the molecule is Cc1cc(C(=O)N2CCC[C@@H]2C(=O)O)ccc1NC(=O)CC(C)C. The quantitative estimate of drug-likeness (QED) is 0.868. The number of carbonyl (C=O) groups excluding carboxylic acids is 2. The third-order valence-electron chi connectivity index (χ3n) is 4.14. The zero-order valence-corrected chi connectivity index (χ0v) is 14.3. The number of carbonyl (C=O) groups is 3. The number of aryl methyl sites for hydroxylation is 1. The highest BCUT2D eigenvalue weighted by molar-refractivity contribution is 5.98. The number of nitrogens with one attached hydrogen (secondary N) is 1. The summed E-state index contributed by atoms with van der Waals surface area (Å²) in [6.07, 6.45) is 1.63. The van der Waals surface area contributed by atoms with Gasteiger partial charge in [0, 0.05) is 24.2 Å². The molecule has 0 unspecified atom stereocenters. The van der Waals surface area contributed by atoms with Crippen LogP contribution in [0.2, 0.25) is 0 Å². The van der Waals surface area contributed by atoms with Gasteiger partial charge in [-0.3, -0.25) is 9.59 Å². The van der Waals surface area contributed by atoms with Crippen LogP contribution in [0.3, 0.4) is 0 Å². The first-order valence-electron chi connectivity index (χ1n) is 8.24. The molecule has 2 rings (SSSR count). The molecule has 2 amide bonds. The molecule has 6 nitrogen and oxygen atoms in total. The van der Waals surface area contributed by atoms with Crippen LogP contribution in [0.15, 0.2) is 18.2 Å². The van der Waals surface area contributed by atoms with Crippen molar-refractivity contribution in [2.24, 2.45) is 5.92 Å². The second-order valence-corrected chi connectivity index (χ2v) is 6.67. The summed E-state index contributed by atoms with van der Waals surface area (Å²) in [5.74, 6) is -1.02. The van der Waals surface area contributed by atoms with Gasteiger partial charge in [0.05, 0.1) is 0 Å². The van der Waals surface area contributed by atoms with E-state index in [-0.39, 0.29) is 17.7 Å². The molecule has 1 aliphatic rings. The lowest BCUT2D eigenvalue weighted by molar-refractivity contribution is -0.141. The van der Waals surface area contributed by atoms with Gasteiger partial charge in [-0.05, 0) is 49.4 Å². The van der Waals surface area contributed by atoms with Crippen LogP contribution in [0.5, 0.6) is 0 Å². The molecule has 130 valence electrons. The molecule has 1 aromatic carbocycles. The minimum absolute atomic E-state index is 0.0577. The molecule has 0 aromatic heterocycles. The van der Waals surface area contributed by atoms with Crippen molar-refractivity contribution in [1.82, 2.24) is 4.90 Å². The van der Waals surface area contributed by atoms with Crippen LogP contribution in [-0.2, 0) is 9.59 Å². The van der Waals surface area contributed by atoms with E-state index < -0.39 is 12.0 Å². The van der Waals surface area contributed by atoms with Crippen molar-refractivity contribution in [2.75, 3.05) is 11.9 Å². The Hall–Kier alpha value is -2.37. The van der Waals surface area contributed by atoms with Crippen LogP contribution in [0.25, 0.3) is 0 Å². The number of aliphatic carboxylic acids is 1. The topological polar surface area (TPSA) is 86.7 Å². The molecule has 0 saturated carbocycles. The number of benzene rings is 1. The molecule has 0 spiro atoms. The number of hydrogen-bond acceptors (Lipinski definition) is 3. The summed E-state index contributed by atoms with van der Waals surface area (Å²) in [4.78, 5) is 37.1. The number of anilines is 1. The van der Waals surface area contributed by atoms with E-state index in [0.717, 1.165) is 5.56 Å². The van der Waals surface area contributed by atoms with Gasteiger partial charge in [0.2, 0.25) is 5.91 Å². The Morgan fingerprint density at radius 3 is 2.62 bits per heavy atom. The zero-order valence-electron chi connectivity index (χ0n) is 14.3. The van der Waals surface area contributed by atoms with Gasteiger partial charge in [0.1, 0.15) is 6.04 Å². The predicted octanol–water partition coefficient (Wildman–Crippen LogP) is 2.67. The van der Waals surface area contributed by atoms with Gasteiger partial charge in [-0.2, -0.15) is 0 Å². The Balaban J connectivity index is 2.12. The molecule has 1 aromatic rings. The van der Waals surface area contributed by atoms with Gasteiger partial charge in [0.15, 0.2) is 0 Å². The first kappa shape index (κ1) is 18.0. The largest absolute Gasteiger partial charge is 0.480 e. The maximum absolute atomic E-state index is 12.6. The number of carboxylic acid groups (broad SMARTS) is 1. The number of nitrogens with zero attached hydrogens (tertiary/aromatic N) is 1. The highest BCUT2D eigenvalue weighted by Crippen LogP contribution is 2.23. The number of hydrogen-bond donors (Lipinski definition) is 2. The Kier molecular flexibility index (Phi) is 5.59. The molecular weight excluding hydrogens is 308 g/mol. The predicted molar refractivity (Wildman–Crippen MR) is 91.0 cm³/mol. The van der Waals surface area contributed by atoms with Crippen molar-refractivity contribution in [3.8, 4) is 0 Å². The molecule has 2 N–H and O–H groups in total. The average molecular weight is 332 g/mol. The summed E-state index contributed by atoms with van der Waals surface area (Å²) in [5, 5.41) is 12.1. The van der Waals surface area contributed by atoms with Gasteiger partial charge in [-0.15, -0.1) is 0 Å². The second-order valence-electron chi connectivity index (χ2n) is 6.67. The molecule has 0 aliphatic carbocycles. The summed E-state index contributed by atoms with van der Waals surface area (Å²) in [5.41, 5.74) is 1.90. The molecule has 1 fully saturated rings. The van der Waals surface area contributed by atoms with Gasteiger partial charge in [-0.25, -0.2) is 4.79 Å². The molecule has 0 radical (unpaired) electrons. The van der Waals surface area contributed by atoms with Gasteiger partial charge in [0.25, 0.3) is 5.91 Å². The van der Waals surface area contributed by atoms with Crippen LogP contribution in [0.4, 0.5) is 5.69 Å². The first-order chi connectivity index (χ1) is 11.3. The lowest BCUT2D eigenvalue weighted by Gasteiger charge is -2.22. The van der Waals surface area contributed by atoms with Crippen molar-refractivity contribution in [3.63, 3.8) is 0 Å². The number of carboxylic acids is 1. The maximum atomic E-state index is 12.6. The lowest BCUT2D eigenvalue weighted by Crippen LogP contribution is -2.40. The van der Waals surface area contributed by atoms with Gasteiger partial charge < -0.3 is 15.3 Å². The van der Waals surface area contributed by atoms with Crippen molar-refractivity contribution < 1.29 is 19.5 Å². The van der Waals surface area contributed by atoms with Crippen molar-refractivity contribution >= 4 is 23.5 Å². The average Bonchev–Trinajstić information content (AvgIpc) is 2.97. The Morgan fingerprint density at radius 1 is 1.33 bits per heavy atom. The summed E-state index contributed by atoms with van der Waals surface area (Å²) in [6.45, 7) is 6.23. The van der Waals surface area contributed by atoms with Crippen molar-refractivity contribution in [1.29, 1.82) is 0 Å². The van der Waals surface area contributed by atoms with Crippen LogP contribution < -0.4 is 5.32 Å². The molecule has 24 heavy (non-hydrogen) atoms. The summed E-state index contributed by atoms with van der Waals surface area (Å²) in [6, 6.07) is 4.29. The Labute approximate surface area is 141 Å². The highest BCUT2D eigenvalue weighted by Gasteiger charge is 2.34. The zero-order chi connectivity index (χ0) is 17.9. The number of rotatable bonds is 5. The second kappa shape index (κ2) is 7.47. The third-order valence-corrected chi connectivity index (χ3v) is 4.14. The van der Waals surface area contributed by atoms with E-state index in [1.165, 1.54) is 4.90 Å².